The number of aromatic nitrogens is 4. The quantitative estimate of drug-likeness (QED) is 0.124. The van der Waals surface area contributed by atoms with Gasteiger partial charge in [-0.25, -0.2) is 46.2 Å². The molecule has 3 aliphatic rings. The number of anilines is 2. The van der Waals surface area contributed by atoms with E-state index in [0.29, 0.717) is 12.1 Å². The fourth-order valence-electron chi connectivity index (χ4n) is 6.95. The van der Waals surface area contributed by atoms with Crippen molar-refractivity contribution in [3.63, 3.8) is 0 Å². The first kappa shape index (κ1) is 45.6. The SMILES string of the molecule is Brc1cncnc1.CNS(=O)(=O)c1ccc(NC2CCCCC2)c(-c2cncnc2)c1.CNS(=O)(=O)c1ccc(NC2CCCCC2)c(B2OC(C)(C)C(C)(C)O2)c1. The zero-order valence-electron chi connectivity index (χ0n) is 34.2. The number of hydrogen-bond donors (Lipinski definition) is 4. The molecule has 314 valence electrons. The van der Waals surface area contributed by atoms with E-state index in [2.05, 4.69) is 55.9 Å². The van der Waals surface area contributed by atoms with Crippen molar-refractivity contribution < 1.29 is 26.1 Å². The van der Waals surface area contributed by atoms with E-state index in [9.17, 15) is 16.8 Å². The standard InChI is InChI=1S/C19H31BN2O4S.C17H22N4O2S.C4H3BrN2/c1-18(2)19(3,4)26-20(25-18)16-13-15(27(23,24)21-5)11-12-17(16)22-14-9-7-6-8-10-14;1-18-24(22,23)15-7-8-17(21-14-5-3-2-4-6-14)16(9-15)13-10-19-12-20-11-13;5-4-1-6-3-7-2-4/h11-14,21-22H,6-10H2,1-5H3;7-12,14,18,21H,2-6H2,1H3;1-3H. The number of benzene rings is 2. The highest BCUT2D eigenvalue weighted by Gasteiger charge is 2.52. The zero-order valence-corrected chi connectivity index (χ0v) is 37.4. The molecule has 2 saturated carbocycles. The first-order chi connectivity index (χ1) is 27.5. The van der Waals surface area contributed by atoms with Gasteiger partial charge in [-0.3, -0.25) is 0 Å². The highest BCUT2D eigenvalue weighted by atomic mass is 79.9. The molecule has 3 fully saturated rings. The minimum atomic E-state index is -3.55. The lowest BCUT2D eigenvalue weighted by Gasteiger charge is -2.32. The van der Waals surface area contributed by atoms with Crippen LogP contribution in [0.25, 0.3) is 11.1 Å². The summed E-state index contributed by atoms with van der Waals surface area (Å²) in [7, 11) is -4.83. The van der Waals surface area contributed by atoms with E-state index >= 15 is 0 Å². The highest BCUT2D eigenvalue weighted by molar-refractivity contribution is 9.10. The van der Waals surface area contributed by atoms with Crippen molar-refractivity contribution in [2.75, 3.05) is 24.7 Å². The summed E-state index contributed by atoms with van der Waals surface area (Å²) in [5, 5.41) is 7.18. The maximum Gasteiger partial charge on any atom is 0.497 e. The van der Waals surface area contributed by atoms with Crippen LogP contribution < -0.4 is 25.5 Å². The molecule has 0 unspecified atom stereocenters. The lowest BCUT2D eigenvalue weighted by Crippen LogP contribution is -2.41. The van der Waals surface area contributed by atoms with Crippen molar-refractivity contribution in [1.29, 1.82) is 0 Å². The molecule has 0 atom stereocenters. The summed E-state index contributed by atoms with van der Waals surface area (Å²) in [5.41, 5.74) is 3.16. The van der Waals surface area contributed by atoms with Crippen molar-refractivity contribution in [3.8, 4) is 11.1 Å². The van der Waals surface area contributed by atoms with Gasteiger partial charge in [0.25, 0.3) is 0 Å². The van der Waals surface area contributed by atoms with Gasteiger partial charge < -0.3 is 19.9 Å². The van der Waals surface area contributed by atoms with E-state index in [-0.39, 0.29) is 9.79 Å². The second-order valence-electron chi connectivity index (χ2n) is 15.6. The Morgan fingerprint density at radius 1 is 0.638 bits per heavy atom. The number of rotatable bonds is 10. The molecule has 4 N–H and O–H groups in total. The van der Waals surface area contributed by atoms with Gasteiger partial charge in [0.2, 0.25) is 20.0 Å². The molecule has 0 amide bonds. The second-order valence-corrected chi connectivity index (χ2v) is 20.3. The lowest BCUT2D eigenvalue weighted by molar-refractivity contribution is 0.00578. The van der Waals surface area contributed by atoms with Gasteiger partial charge in [-0.1, -0.05) is 38.5 Å². The van der Waals surface area contributed by atoms with E-state index in [1.54, 1.807) is 49.1 Å². The van der Waals surface area contributed by atoms with Crippen LogP contribution in [0.1, 0.15) is 91.9 Å². The summed E-state index contributed by atoms with van der Waals surface area (Å²) in [6, 6.07) is 11.1. The van der Waals surface area contributed by atoms with Gasteiger partial charge in [0.05, 0.1) is 25.5 Å². The Morgan fingerprint density at radius 3 is 1.52 bits per heavy atom. The number of nitrogens with zero attached hydrogens (tertiary/aromatic N) is 4. The van der Waals surface area contributed by atoms with Gasteiger partial charge in [0.1, 0.15) is 12.7 Å². The molecule has 58 heavy (non-hydrogen) atoms. The fraction of sp³-hybridized carbons (Fsp3) is 0.500. The molecule has 0 spiro atoms. The van der Waals surface area contributed by atoms with Crippen LogP contribution in [-0.2, 0) is 29.4 Å². The summed E-state index contributed by atoms with van der Waals surface area (Å²) in [6.07, 6.45) is 21.7. The normalized spacial score (nSPS) is 18.3. The first-order valence-electron chi connectivity index (χ1n) is 19.7. The molecule has 0 bridgehead atoms. The summed E-state index contributed by atoms with van der Waals surface area (Å²) < 4.78 is 66.9. The van der Waals surface area contributed by atoms with Crippen LogP contribution >= 0.6 is 15.9 Å². The van der Waals surface area contributed by atoms with Crippen LogP contribution in [0, 0.1) is 0 Å². The van der Waals surface area contributed by atoms with Crippen LogP contribution in [0.5, 0.6) is 0 Å². The average Bonchev–Trinajstić information content (AvgIpc) is 3.45. The van der Waals surface area contributed by atoms with Gasteiger partial charge in [-0.05, 0) is 120 Å². The molecule has 2 aromatic heterocycles. The topological polar surface area (TPSA) is 186 Å². The Balaban J connectivity index is 0.000000190. The third-order valence-corrected chi connectivity index (χ3v) is 14.2. The van der Waals surface area contributed by atoms with Crippen LogP contribution in [-0.4, -0.2) is 81.3 Å². The molecular weight excluding hydrogens is 843 g/mol. The maximum atomic E-state index is 12.3. The maximum absolute atomic E-state index is 12.3. The monoisotopic (exact) mass is 898 g/mol. The van der Waals surface area contributed by atoms with Gasteiger partial charge >= 0.3 is 7.12 Å². The number of halogens is 1. The first-order valence-corrected chi connectivity index (χ1v) is 23.5. The predicted molar refractivity (Wildman–Crippen MR) is 233 cm³/mol. The Hall–Kier alpha value is -3.52. The molecule has 1 aliphatic heterocycles. The van der Waals surface area contributed by atoms with Crippen molar-refractivity contribution in [3.05, 3.63) is 78.3 Å². The smallest absolute Gasteiger partial charge is 0.399 e. The number of hydrogen-bond acceptors (Lipinski definition) is 12. The van der Waals surface area contributed by atoms with Gasteiger partial charge in [-0.15, -0.1) is 0 Å². The second kappa shape index (κ2) is 20.2. The summed E-state index contributed by atoms with van der Waals surface area (Å²) in [5.74, 6) is 0. The minimum Gasteiger partial charge on any atom is -0.399 e. The van der Waals surface area contributed by atoms with Crippen molar-refractivity contribution in [1.82, 2.24) is 29.4 Å². The van der Waals surface area contributed by atoms with Crippen molar-refractivity contribution in [2.24, 2.45) is 0 Å². The third-order valence-electron chi connectivity index (χ3n) is 11.0. The molecule has 2 aliphatic carbocycles. The molecule has 3 heterocycles. The van der Waals surface area contributed by atoms with Crippen molar-refractivity contribution in [2.45, 2.75) is 125 Å². The van der Waals surface area contributed by atoms with E-state index in [1.807, 2.05) is 39.8 Å². The van der Waals surface area contributed by atoms with E-state index in [0.717, 1.165) is 58.1 Å². The third kappa shape index (κ3) is 12.0. The van der Waals surface area contributed by atoms with Crippen LogP contribution in [0.3, 0.4) is 0 Å². The van der Waals surface area contributed by atoms with E-state index in [4.69, 9.17) is 9.31 Å². The largest absolute Gasteiger partial charge is 0.497 e. The Labute approximate surface area is 352 Å². The molecule has 1 saturated heterocycles. The number of nitrogens with one attached hydrogen (secondary N) is 4. The molecular formula is C40H56BBrN8O6S2. The Morgan fingerprint density at radius 2 is 1.07 bits per heavy atom. The predicted octanol–water partition coefficient (Wildman–Crippen LogP) is 6.67. The molecule has 4 aromatic rings. The fourth-order valence-corrected chi connectivity index (χ4v) is 8.71. The van der Waals surface area contributed by atoms with Crippen molar-refractivity contribution >= 4 is 59.9 Å². The molecule has 7 rings (SSSR count). The number of sulfonamides is 2. The average molecular weight is 900 g/mol. The van der Waals surface area contributed by atoms with Crippen LogP contribution in [0.4, 0.5) is 11.4 Å². The summed E-state index contributed by atoms with van der Waals surface area (Å²) in [4.78, 5) is 16.0. The van der Waals surface area contributed by atoms with Crippen LogP contribution in [0.2, 0.25) is 0 Å². The van der Waals surface area contributed by atoms with Gasteiger partial charge in [-0.2, -0.15) is 0 Å². The molecule has 18 heteroatoms. The van der Waals surface area contributed by atoms with Gasteiger partial charge in [0.15, 0.2) is 0 Å². The molecule has 14 nitrogen and oxygen atoms in total. The van der Waals surface area contributed by atoms with Gasteiger partial charge in [0, 0.05) is 64.8 Å². The Kier molecular flexibility index (Phi) is 15.8. The van der Waals surface area contributed by atoms with Crippen LogP contribution in [0.15, 0.2) is 88.1 Å². The highest BCUT2D eigenvalue weighted by Crippen LogP contribution is 2.38. The zero-order chi connectivity index (χ0) is 42.0. The lowest BCUT2D eigenvalue weighted by atomic mass is 9.77. The Bertz CT molecular complexity index is 2140. The summed E-state index contributed by atoms with van der Waals surface area (Å²) >= 11 is 3.19. The summed E-state index contributed by atoms with van der Waals surface area (Å²) in [6.45, 7) is 7.98. The van der Waals surface area contributed by atoms with E-state index < -0.39 is 38.4 Å². The van der Waals surface area contributed by atoms with E-state index in [1.165, 1.54) is 65.3 Å². The molecule has 0 radical (unpaired) electrons. The minimum absolute atomic E-state index is 0.212. The molecule has 2 aromatic carbocycles.